The summed E-state index contributed by atoms with van der Waals surface area (Å²) in [6.45, 7) is 2.68. The number of aryl methyl sites for hydroxylation is 1. The number of thioether (sulfide) groups is 1. The standard InChI is InChI=1S/C15H14ClF2NS/c1-10-8-12(16)3-2-11(10)9-19-13-4-6-14(7-5-13)20-15(17)18/h2-8,15,19H,9H2,1H3. The molecule has 0 spiro atoms. The van der Waals surface area contributed by atoms with E-state index in [1.54, 1.807) is 24.3 Å². The minimum Gasteiger partial charge on any atom is -0.381 e. The average molecular weight is 314 g/mol. The van der Waals surface area contributed by atoms with E-state index in [-0.39, 0.29) is 0 Å². The van der Waals surface area contributed by atoms with Crippen molar-refractivity contribution in [3.05, 3.63) is 58.6 Å². The number of anilines is 1. The van der Waals surface area contributed by atoms with Gasteiger partial charge >= 0.3 is 0 Å². The van der Waals surface area contributed by atoms with Crippen LogP contribution >= 0.6 is 23.4 Å². The number of benzene rings is 2. The molecule has 0 fully saturated rings. The number of alkyl halides is 2. The lowest BCUT2D eigenvalue weighted by atomic mass is 10.1. The summed E-state index contributed by atoms with van der Waals surface area (Å²) < 4.78 is 24.4. The zero-order valence-corrected chi connectivity index (χ0v) is 12.4. The van der Waals surface area contributed by atoms with Crippen molar-refractivity contribution in [1.29, 1.82) is 0 Å². The fraction of sp³-hybridized carbons (Fsp3) is 0.200. The number of nitrogens with one attached hydrogen (secondary N) is 1. The van der Waals surface area contributed by atoms with Gasteiger partial charge in [-0.25, -0.2) is 0 Å². The van der Waals surface area contributed by atoms with Gasteiger partial charge in [-0.2, -0.15) is 8.78 Å². The molecule has 0 aromatic heterocycles. The fourth-order valence-electron chi connectivity index (χ4n) is 1.81. The van der Waals surface area contributed by atoms with Gasteiger partial charge in [-0.1, -0.05) is 29.4 Å². The first-order valence-electron chi connectivity index (χ1n) is 6.08. The molecule has 0 saturated heterocycles. The Hall–Kier alpha value is -1.26. The van der Waals surface area contributed by atoms with E-state index in [4.69, 9.17) is 11.6 Å². The van der Waals surface area contributed by atoms with Crippen LogP contribution in [0.5, 0.6) is 0 Å². The van der Waals surface area contributed by atoms with E-state index < -0.39 is 5.76 Å². The second kappa shape index (κ2) is 6.95. The lowest BCUT2D eigenvalue weighted by Gasteiger charge is -2.10. The first kappa shape index (κ1) is 15.1. The number of hydrogen-bond donors (Lipinski definition) is 1. The maximum Gasteiger partial charge on any atom is 0.288 e. The zero-order chi connectivity index (χ0) is 14.5. The van der Waals surface area contributed by atoms with Crippen molar-refractivity contribution in [2.24, 2.45) is 0 Å². The van der Waals surface area contributed by atoms with E-state index in [1.807, 2.05) is 25.1 Å². The van der Waals surface area contributed by atoms with E-state index in [1.165, 1.54) is 0 Å². The molecule has 1 N–H and O–H groups in total. The fourth-order valence-corrected chi connectivity index (χ4v) is 2.53. The molecule has 20 heavy (non-hydrogen) atoms. The first-order valence-corrected chi connectivity index (χ1v) is 7.34. The molecule has 2 rings (SSSR count). The van der Waals surface area contributed by atoms with Crippen LogP contribution in [0.25, 0.3) is 0 Å². The first-order chi connectivity index (χ1) is 9.54. The third-order valence-electron chi connectivity index (χ3n) is 2.87. The topological polar surface area (TPSA) is 12.0 Å². The summed E-state index contributed by atoms with van der Waals surface area (Å²) in [5, 5.41) is 3.98. The van der Waals surface area contributed by atoms with Gasteiger partial charge < -0.3 is 5.32 Å². The molecule has 0 aliphatic heterocycles. The van der Waals surface area contributed by atoms with Crippen molar-refractivity contribution < 1.29 is 8.78 Å². The zero-order valence-electron chi connectivity index (χ0n) is 10.9. The van der Waals surface area contributed by atoms with Gasteiger partial charge in [0.15, 0.2) is 0 Å². The summed E-state index contributed by atoms with van der Waals surface area (Å²) in [5.41, 5.74) is 3.17. The molecule has 0 aliphatic carbocycles. The highest BCUT2D eigenvalue weighted by Gasteiger charge is 2.05. The molecule has 0 amide bonds. The number of halogens is 3. The maximum absolute atomic E-state index is 12.2. The van der Waals surface area contributed by atoms with Crippen LogP contribution in [0.4, 0.5) is 14.5 Å². The Kier molecular flexibility index (Phi) is 5.26. The molecule has 0 aliphatic rings. The van der Waals surface area contributed by atoms with Crippen LogP contribution in [0.2, 0.25) is 5.02 Å². The predicted molar refractivity (Wildman–Crippen MR) is 81.8 cm³/mol. The van der Waals surface area contributed by atoms with E-state index in [9.17, 15) is 8.78 Å². The summed E-state index contributed by atoms with van der Waals surface area (Å²) in [5.74, 6) is -2.38. The van der Waals surface area contributed by atoms with Crippen molar-refractivity contribution >= 4 is 29.1 Å². The van der Waals surface area contributed by atoms with E-state index >= 15 is 0 Å². The van der Waals surface area contributed by atoms with Gasteiger partial charge in [0.05, 0.1) is 0 Å². The van der Waals surface area contributed by atoms with Gasteiger partial charge in [0.1, 0.15) is 0 Å². The largest absolute Gasteiger partial charge is 0.381 e. The monoisotopic (exact) mass is 313 g/mol. The Morgan fingerprint density at radius 3 is 2.45 bits per heavy atom. The van der Waals surface area contributed by atoms with Crippen molar-refractivity contribution in [1.82, 2.24) is 0 Å². The molecule has 5 heteroatoms. The third-order valence-corrected chi connectivity index (χ3v) is 3.82. The SMILES string of the molecule is Cc1cc(Cl)ccc1CNc1ccc(SC(F)F)cc1. The van der Waals surface area contributed by atoms with Gasteiger partial charge in [0.25, 0.3) is 5.76 Å². The minimum absolute atomic E-state index is 0.550. The third kappa shape index (κ3) is 4.39. The van der Waals surface area contributed by atoms with Crippen LogP contribution in [0, 0.1) is 6.92 Å². The van der Waals surface area contributed by atoms with Crippen LogP contribution < -0.4 is 5.32 Å². The summed E-state index contributed by atoms with van der Waals surface area (Å²) in [6, 6.07) is 12.7. The molecule has 0 unspecified atom stereocenters. The highest BCUT2D eigenvalue weighted by Crippen LogP contribution is 2.26. The highest BCUT2D eigenvalue weighted by molar-refractivity contribution is 7.99. The van der Waals surface area contributed by atoms with Crippen molar-refractivity contribution in [3.63, 3.8) is 0 Å². The van der Waals surface area contributed by atoms with Crippen molar-refractivity contribution in [2.45, 2.75) is 24.1 Å². The average Bonchev–Trinajstić information content (AvgIpc) is 2.39. The molecule has 0 radical (unpaired) electrons. The van der Waals surface area contributed by atoms with Gasteiger partial charge in [0.2, 0.25) is 0 Å². The molecule has 2 aromatic rings. The second-order valence-electron chi connectivity index (χ2n) is 4.33. The van der Waals surface area contributed by atoms with Crippen LogP contribution in [0.3, 0.4) is 0 Å². The molecule has 2 aromatic carbocycles. The number of rotatable bonds is 5. The van der Waals surface area contributed by atoms with Gasteiger partial charge in [-0.3, -0.25) is 0 Å². The lowest BCUT2D eigenvalue weighted by molar-refractivity contribution is 0.252. The smallest absolute Gasteiger partial charge is 0.288 e. The summed E-state index contributed by atoms with van der Waals surface area (Å²) in [7, 11) is 0. The Morgan fingerprint density at radius 1 is 1.15 bits per heavy atom. The van der Waals surface area contributed by atoms with E-state index in [0.29, 0.717) is 23.2 Å². The second-order valence-corrected chi connectivity index (χ2v) is 5.83. The van der Waals surface area contributed by atoms with Crippen molar-refractivity contribution in [3.8, 4) is 0 Å². The molecule has 106 valence electrons. The maximum atomic E-state index is 12.2. The van der Waals surface area contributed by atoms with Gasteiger partial charge in [0, 0.05) is 22.2 Å². The summed E-state index contributed by atoms with van der Waals surface area (Å²) in [4.78, 5) is 0.563. The summed E-state index contributed by atoms with van der Waals surface area (Å²) in [6.07, 6.45) is 0. The van der Waals surface area contributed by atoms with Crippen molar-refractivity contribution in [2.75, 3.05) is 5.32 Å². The highest BCUT2D eigenvalue weighted by atomic mass is 35.5. The van der Waals surface area contributed by atoms with Gasteiger partial charge in [-0.15, -0.1) is 0 Å². The predicted octanol–water partition coefficient (Wildman–Crippen LogP) is 5.58. The Labute approximate surface area is 126 Å². The van der Waals surface area contributed by atoms with E-state index in [2.05, 4.69) is 5.32 Å². The Bertz CT molecular complexity index is 573. The van der Waals surface area contributed by atoms with Crippen LogP contribution in [0.15, 0.2) is 47.4 Å². The molecule has 0 saturated carbocycles. The normalized spacial score (nSPS) is 10.8. The minimum atomic E-state index is -2.38. The quantitative estimate of drug-likeness (QED) is 0.724. The summed E-state index contributed by atoms with van der Waals surface area (Å²) >= 11 is 6.46. The Balaban J connectivity index is 1.96. The van der Waals surface area contributed by atoms with Crippen LogP contribution in [0.1, 0.15) is 11.1 Å². The molecule has 0 heterocycles. The number of hydrogen-bond acceptors (Lipinski definition) is 2. The molecule has 1 nitrogen and oxygen atoms in total. The molecule has 0 bridgehead atoms. The van der Waals surface area contributed by atoms with Crippen LogP contribution in [-0.4, -0.2) is 5.76 Å². The molecule has 0 atom stereocenters. The van der Waals surface area contributed by atoms with E-state index in [0.717, 1.165) is 21.8 Å². The molecular formula is C15H14ClF2NS. The lowest BCUT2D eigenvalue weighted by Crippen LogP contribution is -2.01. The van der Waals surface area contributed by atoms with Crippen LogP contribution in [-0.2, 0) is 6.54 Å². The molecular weight excluding hydrogens is 300 g/mol. The Morgan fingerprint density at radius 2 is 1.85 bits per heavy atom. The van der Waals surface area contributed by atoms with Gasteiger partial charge in [-0.05, 0) is 54.4 Å².